The SMILES string of the molecule is Cc1ccc(O)c(C)c1-n1c(N)c(C(N)=O)c2nc3cc(Br)cnc3nc21. The molecule has 0 aliphatic heterocycles. The quantitative estimate of drug-likeness (QED) is 0.451. The number of primary amides is 1. The van der Waals surface area contributed by atoms with Crippen molar-refractivity contribution in [2.45, 2.75) is 13.8 Å². The Morgan fingerprint density at radius 1 is 1.26 bits per heavy atom. The minimum atomic E-state index is -0.705. The van der Waals surface area contributed by atoms with E-state index in [1.165, 1.54) is 0 Å². The highest BCUT2D eigenvalue weighted by molar-refractivity contribution is 9.10. The number of aryl methyl sites for hydroxylation is 1. The predicted octanol–water partition coefficient (Wildman–Crippen LogP) is 2.73. The van der Waals surface area contributed by atoms with Crippen molar-refractivity contribution in [3.63, 3.8) is 0 Å². The smallest absolute Gasteiger partial charge is 0.254 e. The minimum absolute atomic E-state index is 0.0847. The Kier molecular flexibility index (Phi) is 3.77. The molecule has 27 heavy (non-hydrogen) atoms. The van der Waals surface area contributed by atoms with Crippen LogP contribution in [0.25, 0.3) is 28.0 Å². The number of phenols is 1. The molecule has 3 aromatic heterocycles. The third kappa shape index (κ3) is 2.50. The van der Waals surface area contributed by atoms with E-state index < -0.39 is 5.91 Å². The van der Waals surface area contributed by atoms with Crippen molar-refractivity contribution in [1.29, 1.82) is 0 Å². The van der Waals surface area contributed by atoms with Gasteiger partial charge in [0.25, 0.3) is 5.91 Å². The Morgan fingerprint density at radius 3 is 2.70 bits per heavy atom. The molecule has 5 N–H and O–H groups in total. The molecule has 0 atom stereocenters. The van der Waals surface area contributed by atoms with Crippen LogP contribution in [-0.4, -0.2) is 30.5 Å². The molecule has 136 valence electrons. The first-order valence-corrected chi connectivity index (χ1v) is 8.81. The van der Waals surface area contributed by atoms with Crippen molar-refractivity contribution in [2.75, 3.05) is 5.73 Å². The average Bonchev–Trinajstić information content (AvgIpc) is 2.88. The normalized spacial score (nSPS) is 11.4. The number of carbonyl (C=O) groups excluding carboxylic acids is 1. The topological polar surface area (TPSA) is 133 Å². The summed E-state index contributed by atoms with van der Waals surface area (Å²) in [5.74, 6) is -0.486. The van der Waals surface area contributed by atoms with Gasteiger partial charge in [-0.2, -0.15) is 0 Å². The van der Waals surface area contributed by atoms with Crippen LogP contribution in [-0.2, 0) is 0 Å². The number of hydrogen-bond donors (Lipinski definition) is 3. The monoisotopic (exact) mass is 426 g/mol. The van der Waals surface area contributed by atoms with E-state index in [1.807, 2.05) is 6.92 Å². The van der Waals surface area contributed by atoms with Gasteiger partial charge in [-0.05, 0) is 47.5 Å². The van der Waals surface area contributed by atoms with E-state index >= 15 is 0 Å². The van der Waals surface area contributed by atoms with Crippen molar-refractivity contribution in [3.8, 4) is 11.4 Å². The number of pyridine rings is 1. The fourth-order valence-corrected chi connectivity index (χ4v) is 3.54. The van der Waals surface area contributed by atoms with Gasteiger partial charge in [-0.25, -0.2) is 15.0 Å². The molecule has 4 aromatic rings. The maximum absolute atomic E-state index is 12.1. The molecule has 0 fully saturated rings. The number of halogens is 1. The zero-order valence-electron chi connectivity index (χ0n) is 14.5. The molecule has 3 heterocycles. The number of benzene rings is 1. The molecule has 1 aromatic carbocycles. The maximum Gasteiger partial charge on any atom is 0.254 e. The summed E-state index contributed by atoms with van der Waals surface area (Å²) in [6.07, 6.45) is 1.61. The number of anilines is 1. The molecule has 0 radical (unpaired) electrons. The molecule has 0 bridgehead atoms. The first-order valence-electron chi connectivity index (χ1n) is 8.02. The van der Waals surface area contributed by atoms with Crippen molar-refractivity contribution < 1.29 is 9.90 Å². The van der Waals surface area contributed by atoms with Crippen LogP contribution in [0.15, 0.2) is 28.9 Å². The Hall–Kier alpha value is -3.20. The molecular weight excluding hydrogens is 412 g/mol. The molecule has 0 aliphatic rings. The highest BCUT2D eigenvalue weighted by Gasteiger charge is 2.25. The van der Waals surface area contributed by atoms with E-state index in [4.69, 9.17) is 11.5 Å². The number of phenolic OH excluding ortho intramolecular Hbond substituents is 1. The summed E-state index contributed by atoms with van der Waals surface area (Å²) in [4.78, 5) is 25.5. The summed E-state index contributed by atoms with van der Waals surface area (Å²) in [7, 11) is 0. The average molecular weight is 427 g/mol. The number of nitrogen functional groups attached to an aromatic ring is 1. The fourth-order valence-electron chi connectivity index (χ4n) is 3.22. The van der Waals surface area contributed by atoms with Crippen LogP contribution in [0, 0.1) is 13.8 Å². The van der Waals surface area contributed by atoms with Crippen LogP contribution >= 0.6 is 15.9 Å². The van der Waals surface area contributed by atoms with Gasteiger partial charge in [0.1, 0.15) is 28.2 Å². The highest BCUT2D eigenvalue weighted by Crippen LogP contribution is 2.35. The minimum Gasteiger partial charge on any atom is -0.508 e. The molecule has 0 saturated carbocycles. The van der Waals surface area contributed by atoms with Gasteiger partial charge in [-0.3, -0.25) is 9.36 Å². The predicted molar refractivity (Wildman–Crippen MR) is 106 cm³/mol. The number of nitrogens with zero attached hydrogens (tertiary/aromatic N) is 4. The summed E-state index contributed by atoms with van der Waals surface area (Å²) >= 11 is 3.35. The van der Waals surface area contributed by atoms with E-state index in [0.29, 0.717) is 28.1 Å². The lowest BCUT2D eigenvalue weighted by Crippen LogP contribution is -2.14. The first kappa shape index (κ1) is 17.2. The van der Waals surface area contributed by atoms with E-state index in [1.54, 1.807) is 35.9 Å². The molecule has 0 unspecified atom stereocenters. The Labute approximate surface area is 162 Å². The fraction of sp³-hybridized carbons (Fsp3) is 0.111. The molecule has 4 rings (SSSR count). The van der Waals surface area contributed by atoms with Crippen LogP contribution < -0.4 is 11.5 Å². The van der Waals surface area contributed by atoms with E-state index in [2.05, 4.69) is 30.9 Å². The zero-order chi connectivity index (χ0) is 19.5. The lowest BCUT2D eigenvalue weighted by molar-refractivity contribution is 0.100. The van der Waals surface area contributed by atoms with Crippen LogP contribution in [0.4, 0.5) is 5.82 Å². The van der Waals surface area contributed by atoms with E-state index in [-0.39, 0.29) is 22.6 Å². The lowest BCUT2D eigenvalue weighted by Gasteiger charge is -2.15. The molecule has 0 saturated heterocycles. The standard InChI is InChI=1S/C18H15BrN6O2/c1-7-3-4-11(26)8(2)14(7)25-15(20)12(16(21)27)13-18(25)24-17-10(23-13)5-9(19)6-22-17/h3-6,26H,20H2,1-2H3,(H2,21,27). The number of rotatable bonds is 2. The molecular formula is C18H15BrN6O2. The number of nitrogens with two attached hydrogens (primary N) is 2. The summed E-state index contributed by atoms with van der Waals surface area (Å²) in [6.45, 7) is 3.64. The Balaban J connectivity index is 2.22. The zero-order valence-corrected chi connectivity index (χ0v) is 16.1. The number of amides is 1. The van der Waals surface area contributed by atoms with Crippen molar-refractivity contribution in [2.24, 2.45) is 5.73 Å². The second-order valence-corrected chi connectivity index (χ2v) is 7.14. The lowest BCUT2D eigenvalue weighted by atomic mass is 10.1. The summed E-state index contributed by atoms with van der Waals surface area (Å²) in [5, 5.41) is 10.2. The van der Waals surface area contributed by atoms with Gasteiger partial charge in [0.05, 0.1) is 5.69 Å². The van der Waals surface area contributed by atoms with Gasteiger partial charge in [0.15, 0.2) is 11.3 Å². The van der Waals surface area contributed by atoms with Gasteiger partial charge >= 0.3 is 0 Å². The van der Waals surface area contributed by atoms with Crippen LogP contribution in [0.2, 0.25) is 0 Å². The number of fused-ring (bicyclic) bond motifs is 2. The van der Waals surface area contributed by atoms with Crippen molar-refractivity contribution >= 4 is 50.0 Å². The maximum atomic E-state index is 12.1. The number of carbonyl (C=O) groups is 1. The van der Waals surface area contributed by atoms with Gasteiger partial charge < -0.3 is 16.6 Å². The van der Waals surface area contributed by atoms with E-state index in [0.717, 1.165) is 10.0 Å². The molecule has 0 aliphatic carbocycles. The Morgan fingerprint density at radius 2 is 2.00 bits per heavy atom. The first-order chi connectivity index (χ1) is 12.8. The third-order valence-electron chi connectivity index (χ3n) is 4.49. The van der Waals surface area contributed by atoms with Crippen molar-refractivity contribution in [3.05, 3.63) is 45.6 Å². The summed E-state index contributed by atoms with van der Waals surface area (Å²) in [5.41, 5.74) is 15.6. The third-order valence-corrected chi connectivity index (χ3v) is 4.92. The second kappa shape index (κ2) is 5.92. The second-order valence-electron chi connectivity index (χ2n) is 6.23. The van der Waals surface area contributed by atoms with Gasteiger partial charge in [-0.15, -0.1) is 0 Å². The van der Waals surface area contributed by atoms with E-state index in [9.17, 15) is 9.90 Å². The molecule has 8 nitrogen and oxygen atoms in total. The number of aromatic hydroxyl groups is 1. The molecule has 9 heteroatoms. The van der Waals surface area contributed by atoms with Gasteiger partial charge in [0.2, 0.25) is 0 Å². The summed E-state index contributed by atoms with van der Waals surface area (Å²) < 4.78 is 2.33. The number of aromatic nitrogens is 4. The number of hydrogen-bond acceptors (Lipinski definition) is 6. The summed E-state index contributed by atoms with van der Waals surface area (Å²) in [6, 6.07) is 5.11. The largest absolute Gasteiger partial charge is 0.508 e. The van der Waals surface area contributed by atoms with Crippen LogP contribution in [0.5, 0.6) is 5.75 Å². The van der Waals surface area contributed by atoms with Gasteiger partial charge in [-0.1, -0.05) is 6.07 Å². The molecule has 0 spiro atoms. The van der Waals surface area contributed by atoms with Crippen LogP contribution in [0.3, 0.4) is 0 Å². The Bertz CT molecular complexity index is 1260. The van der Waals surface area contributed by atoms with Crippen molar-refractivity contribution in [1.82, 2.24) is 19.5 Å². The highest BCUT2D eigenvalue weighted by atomic mass is 79.9. The van der Waals surface area contributed by atoms with Gasteiger partial charge in [0, 0.05) is 16.2 Å². The molecule has 1 amide bonds. The van der Waals surface area contributed by atoms with Crippen LogP contribution in [0.1, 0.15) is 21.5 Å².